The summed E-state index contributed by atoms with van der Waals surface area (Å²) in [6.07, 6.45) is 0.605. The normalized spacial score (nSPS) is 17.7. The number of likely N-dealkylation sites (N-methyl/N-ethyl adjacent to an activating group) is 1. The average Bonchev–Trinajstić information content (AvgIpc) is 3.16. The Hall–Kier alpha value is -3.41. The van der Waals surface area contributed by atoms with Gasteiger partial charge in [0.25, 0.3) is 0 Å². The first kappa shape index (κ1) is 29.2. The number of primary amides is 2. The lowest BCUT2D eigenvalue weighted by Gasteiger charge is -2.43. The van der Waals surface area contributed by atoms with Crippen molar-refractivity contribution in [3.63, 3.8) is 0 Å². The molecule has 5 N–H and O–H groups in total. The number of aromatic nitrogens is 2. The number of hydrogen-bond donors (Lipinski definition) is 3. The molecule has 0 saturated carbocycles. The van der Waals surface area contributed by atoms with Crippen LogP contribution in [-0.2, 0) is 16.0 Å². The number of hydrogen-bond acceptors (Lipinski definition) is 5. The van der Waals surface area contributed by atoms with Gasteiger partial charge in [-0.25, -0.2) is 18.0 Å². The van der Waals surface area contributed by atoms with Crippen molar-refractivity contribution in [3.8, 4) is 11.3 Å². The predicted octanol–water partition coefficient (Wildman–Crippen LogP) is 3.10. The van der Waals surface area contributed by atoms with Gasteiger partial charge in [0.1, 0.15) is 17.6 Å². The number of nitrogens with two attached hydrogens (primary N) is 2. The summed E-state index contributed by atoms with van der Waals surface area (Å²) in [5.74, 6) is -5.71. The second-order valence-electron chi connectivity index (χ2n) is 11.3. The molecule has 1 aromatic carbocycles. The summed E-state index contributed by atoms with van der Waals surface area (Å²) >= 11 is 0. The Morgan fingerprint density at radius 3 is 2.24 bits per heavy atom. The summed E-state index contributed by atoms with van der Waals surface area (Å²) in [6, 6.07) is -1.58. The van der Waals surface area contributed by atoms with Crippen LogP contribution in [0.15, 0.2) is 12.1 Å². The van der Waals surface area contributed by atoms with Gasteiger partial charge < -0.3 is 16.8 Å². The van der Waals surface area contributed by atoms with Crippen LogP contribution in [0.25, 0.3) is 11.3 Å². The Bertz CT molecular complexity index is 1250. The Labute approximate surface area is 219 Å². The monoisotopic (exact) mass is 536 g/mol. The standard InChI is InChI=1S/C26H35F3N6O3/c1-12(2)9-17(23(30)36)32-24(37)20(26(3,4)5)22-19-18(7-8-34(22)6)35(25(31)38)33-21(19)13-10-15(28)16(29)11-14(13)27/h10-12,17,20,22H,7-9H2,1-6H3,(H2,30,36)(H2,31,38)(H,32,37)/t17-,20-,22?/m0/s1. The van der Waals surface area contributed by atoms with E-state index < -0.39 is 58.7 Å². The Balaban J connectivity index is 2.25. The van der Waals surface area contributed by atoms with E-state index >= 15 is 0 Å². The third kappa shape index (κ3) is 5.69. The molecule has 0 radical (unpaired) electrons. The molecule has 3 rings (SSSR count). The smallest absolute Gasteiger partial charge is 0.339 e. The van der Waals surface area contributed by atoms with Gasteiger partial charge in [0.05, 0.1) is 17.7 Å². The van der Waals surface area contributed by atoms with Crippen LogP contribution in [0.1, 0.15) is 58.3 Å². The molecule has 2 aromatic rings. The molecular weight excluding hydrogens is 501 g/mol. The molecule has 9 nitrogen and oxygen atoms in total. The van der Waals surface area contributed by atoms with Gasteiger partial charge in [0.2, 0.25) is 11.8 Å². The quantitative estimate of drug-likeness (QED) is 0.467. The highest BCUT2D eigenvalue weighted by Gasteiger charge is 2.46. The number of carbonyl (C=O) groups is 3. The maximum absolute atomic E-state index is 15.0. The van der Waals surface area contributed by atoms with Crippen molar-refractivity contribution in [2.24, 2.45) is 28.7 Å². The maximum Gasteiger partial charge on any atom is 0.339 e. The maximum atomic E-state index is 15.0. The van der Waals surface area contributed by atoms with Crippen LogP contribution >= 0.6 is 0 Å². The predicted molar refractivity (Wildman–Crippen MR) is 135 cm³/mol. The van der Waals surface area contributed by atoms with Gasteiger partial charge in [-0.3, -0.25) is 14.5 Å². The summed E-state index contributed by atoms with van der Waals surface area (Å²) < 4.78 is 43.9. The summed E-state index contributed by atoms with van der Waals surface area (Å²) in [6.45, 7) is 9.67. The van der Waals surface area contributed by atoms with Gasteiger partial charge in [0, 0.05) is 30.2 Å². The minimum absolute atomic E-state index is 0.0709. The Kier molecular flexibility index (Phi) is 8.25. The second-order valence-corrected chi connectivity index (χ2v) is 11.3. The van der Waals surface area contributed by atoms with Crippen molar-refractivity contribution in [3.05, 3.63) is 40.8 Å². The number of carbonyl (C=O) groups excluding carboxylic acids is 3. The van der Waals surface area contributed by atoms with Crippen LogP contribution in [-0.4, -0.2) is 52.2 Å². The average molecular weight is 537 g/mol. The van der Waals surface area contributed by atoms with Gasteiger partial charge >= 0.3 is 6.03 Å². The number of nitrogens with one attached hydrogen (secondary N) is 1. The van der Waals surface area contributed by atoms with Gasteiger partial charge in [-0.15, -0.1) is 0 Å². The van der Waals surface area contributed by atoms with E-state index in [1.54, 1.807) is 7.05 Å². The minimum atomic E-state index is -1.38. The Morgan fingerprint density at radius 2 is 1.71 bits per heavy atom. The van der Waals surface area contributed by atoms with E-state index in [-0.39, 0.29) is 23.6 Å². The van der Waals surface area contributed by atoms with Crippen LogP contribution in [0.3, 0.4) is 0 Å². The third-order valence-electron chi connectivity index (χ3n) is 6.87. The fraction of sp³-hybridized carbons (Fsp3) is 0.538. The van der Waals surface area contributed by atoms with Gasteiger partial charge in [-0.1, -0.05) is 34.6 Å². The first-order valence-corrected chi connectivity index (χ1v) is 12.4. The molecule has 0 aliphatic carbocycles. The molecule has 208 valence electrons. The SMILES string of the molecule is CC(C)C[C@H](NC(=O)[C@H](C1c2c(-c3cc(F)c(F)cc3F)nn(C(N)=O)c2CCN1C)C(C)(C)C)C(N)=O. The zero-order valence-corrected chi connectivity index (χ0v) is 22.4. The topological polar surface area (TPSA) is 136 Å². The number of amides is 3. The van der Waals surface area contributed by atoms with Gasteiger partial charge in [-0.05, 0) is 30.9 Å². The van der Waals surface area contributed by atoms with E-state index in [2.05, 4.69) is 10.4 Å². The van der Waals surface area contributed by atoms with E-state index in [0.29, 0.717) is 36.4 Å². The van der Waals surface area contributed by atoms with E-state index in [0.717, 1.165) is 4.68 Å². The van der Waals surface area contributed by atoms with E-state index in [1.165, 1.54) is 0 Å². The van der Waals surface area contributed by atoms with Crippen LogP contribution in [0.2, 0.25) is 0 Å². The molecule has 1 aliphatic heterocycles. The Morgan fingerprint density at radius 1 is 1.11 bits per heavy atom. The lowest BCUT2D eigenvalue weighted by Crippen LogP contribution is -2.53. The molecule has 0 spiro atoms. The zero-order valence-electron chi connectivity index (χ0n) is 22.4. The highest BCUT2D eigenvalue weighted by Crippen LogP contribution is 2.46. The molecule has 12 heteroatoms. The first-order chi connectivity index (χ1) is 17.5. The number of fused-ring (bicyclic) bond motifs is 1. The van der Waals surface area contributed by atoms with Crippen LogP contribution in [0, 0.1) is 34.7 Å². The molecule has 1 aromatic heterocycles. The summed E-state index contributed by atoms with van der Waals surface area (Å²) in [4.78, 5) is 40.1. The van der Waals surface area contributed by atoms with Crippen LogP contribution < -0.4 is 16.8 Å². The molecule has 2 heterocycles. The van der Waals surface area contributed by atoms with Crippen molar-refractivity contribution in [1.29, 1.82) is 0 Å². The fourth-order valence-electron chi connectivity index (χ4n) is 5.15. The summed E-state index contributed by atoms with van der Waals surface area (Å²) in [7, 11) is 1.76. The molecule has 0 bridgehead atoms. The zero-order chi connectivity index (χ0) is 28.7. The molecule has 1 aliphatic rings. The van der Waals surface area contributed by atoms with Crippen LogP contribution in [0.4, 0.5) is 18.0 Å². The van der Waals surface area contributed by atoms with E-state index in [1.807, 2.05) is 39.5 Å². The number of rotatable bonds is 7. The van der Waals surface area contributed by atoms with Crippen molar-refractivity contribution in [2.75, 3.05) is 13.6 Å². The molecule has 3 amide bonds. The molecule has 0 saturated heterocycles. The van der Waals surface area contributed by atoms with Crippen molar-refractivity contribution in [2.45, 2.75) is 59.5 Å². The molecular formula is C26H35F3N6O3. The second kappa shape index (κ2) is 10.8. The van der Waals surface area contributed by atoms with Crippen molar-refractivity contribution < 1.29 is 27.6 Å². The lowest BCUT2D eigenvalue weighted by atomic mass is 9.71. The third-order valence-corrected chi connectivity index (χ3v) is 6.87. The van der Waals surface area contributed by atoms with Crippen molar-refractivity contribution >= 4 is 17.8 Å². The van der Waals surface area contributed by atoms with Crippen LogP contribution in [0.5, 0.6) is 0 Å². The fourth-order valence-corrected chi connectivity index (χ4v) is 5.15. The van der Waals surface area contributed by atoms with E-state index in [4.69, 9.17) is 11.5 Å². The number of halogens is 3. The first-order valence-electron chi connectivity index (χ1n) is 12.4. The molecule has 0 fully saturated rings. The van der Waals surface area contributed by atoms with Gasteiger partial charge in [-0.2, -0.15) is 9.78 Å². The molecule has 3 atom stereocenters. The minimum Gasteiger partial charge on any atom is -0.368 e. The number of benzene rings is 1. The largest absolute Gasteiger partial charge is 0.368 e. The lowest BCUT2D eigenvalue weighted by molar-refractivity contribution is -0.135. The van der Waals surface area contributed by atoms with E-state index in [9.17, 15) is 27.6 Å². The highest BCUT2D eigenvalue weighted by molar-refractivity contribution is 5.89. The van der Waals surface area contributed by atoms with Crippen molar-refractivity contribution in [1.82, 2.24) is 20.0 Å². The molecule has 1 unspecified atom stereocenters. The number of nitrogens with zero attached hydrogens (tertiary/aromatic N) is 3. The highest BCUT2D eigenvalue weighted by atomic mass is 19.2. The summed E-state index contributed by atoms with van der Waals surface area (Å²) in [5, 5.41) is 6.99. The summed E-state index contributed by atoms with van der Waals surface area (Å²) in [5.41, 5.74) is 10.6. The van der Waals surface area contributed by atoms with Gasteiger partial charge in [0.15, 0.2) is 11.6 Å². The molecule has 38 heavy (non-hydrogen) atoms.